The van der Waals surface area contributed by atoms with Gasteiger partial charge in [-0.1, -0.05) is 45.9 Å². The Kier molecular flexibility index (Phi) is 16.4. The molecule has 16 heavy (non-hydrogen) atoms. The second-order valence-corrected chi connectivity index (χ2v) is 4.89. The van der Waals surface area contributed by atoms with E-state index in [1.54, 1.807) is 0 Å². The zero-order chi connectivity index (χ0) is 12.8. The molecule has 0 radical (unpaired) electrons. The SMILES string of the molecule is C/C=C(\C=C/CS(=N)CC)CNCC.CC. The van der Waals surface area contributed by atoms with Crippen LogP contribution >= 0.6 is 0 Å². The lowest BCUT2D eigenvalue weighted by molar-refractivity contribution is 0.784. The molecule has 2 nitrogen and oxygen atoms in total. The molecule has 0 bridgehead atoms. The summed E-state index contributed by atoms with van der Waals surface area (Å²) in [4.78, 5) is 0. The van der Waals surface area contributed by atoms with Crippen molar-refractivity contribution in [3.05, 3.63) is 23.8 Å². The van der Waals surface area contributed by atoms with E-state index in [1.807, 2.05) is 13.8 Å². The highest BCUT2D eigenvalue weighted by atomic mass is 32.2. The molecule has 0 aliphatic heterocycles. The first-order valence-corrected chi connectivity index (χ1v) is 7.72. The number of nitrogens with one attached hydrogen (secondary N) is 2. The third-order valence-corrected chi connectivity index (χ3v) is 3.22. The molecule has 0 aliphatic carbocycles. The Morgan fingerprint density at radius 1 is 1.31 bits per heavy atom. The maximum Gasteiger partial charge on any atom is 0.0222 e. The fraction of sp³-hybridized carbons (Fsp3) is 0.692. The Morgan fingerprint density at radius 3 is 2.38 bits per heavy atom. The molecule has 3 heteroatoms. The molecule has 1 unspecified atom stereocenters. The zero-order valence-electron chi connectivity index (χ0n) is 11.5. The van der Waals surface area contributed by atoms with Crippen LogP contribution in [0.1, 0.15) is 34.6 Å². The standard InChI is InChI=1S/C11H22N2S.C2H6/c1-4-11(10-13-5-2)8-7-9-14(12)6-3;1-2/h4,7-8,12-13H,5-6,9-10H2,1-3H3;1-2H3/b8-7-,11-4+;. The quantitative estimate of drug-likeness (QED) is 0.660. The average molecular weight is 244 g/mol. The first-order chi connectivity index (χ1) is 7.74. The number of allylic oxidation sites excluding steroid dienone is 1. The molecule has 0 heterocycles. The van der Waals surface area contributed by atoms with Crippen molar-refractivity contribution in [1.82, 2.24) is 5.32 Å². The predicted molar refractivity (Wildman–Crippen MR) is 78.3 cm³/mol. The Hall–Kier alpha value is -0.410. The van der Waals surface area contributed by atoms with Crippen LogP contribution in [0.25, 0.3) is 0 Å². The minimum absolute atomic E-state index is 0.186. The molecule has 0 saturated heterocycles. The van der Waals surface area contributed by atoms with E-state index >= 15 is 0 Å². The molecule has 1 atom stereocenters. The molecular formula is C13H28N2S. The largest absolute Gasteiger partial charge is 0.313 e. The Balaban J connectivity index is 0. The maximum absolute atomic E-state index is 7.60. The molecule has 2 N–H and O–H groups in total. The van der Waals surface area contributed by atoms with Crippen molar-refractivity contribution in [2.24, 2.45) is 0 Å². The predicted octanol–water partition coefficient (Wildman–Crippen LogP) is 3.53. The second kappa shape index (κ2) is 14.6. The summed E-state index contributed by atoms with van der Waals surface area (Å²) in [6, 6.07) is 0. The lowest BCUT2D eigenvalue weighted by Crippen LogP contribution is -2.15. The molecule has 0 aliphatic rings. The summed E-state index contributed by atoms with van der Waals surface area (Å²) >= 11 is 0. The number of hydrogen-bond donors (Lipinski definition) is 2. The lowest BCUT2D eigenvalue weighted by Gasteiger charge is -2.02. The van der Waals surface area contributed by atoms with Gasteiger partial charge in [-0.05, 0) is 19.0 Å². The molecule has 0 saturated carbocycles. The van der Waals surface area contributed by atoms with Gasteiger partial charge in [0.1, 0.15) is 0 Å². The van der Waals surface area contributed by atoms with Crippen LogP contribution in [-0.2, 0) is 10.7 Å². The van der Waals surface area contributed by atoms with Gasteiger partial charge in [0.2, 0.25) is 0 Å². The van der Waals surface area contributed by atoms with E-state index in [4.69, 9.17) is 4.78 Å². The lowest BCUT2D eigenvalue weighted by atomic mass is 10.2. The van der Waals surface area contributed by atoms with Crippen LogP contribution in [-0.4, -0.2) is 24.6 Å². The van der Waals surface area contributed by atoms with Gasteiger partial charge < -0.3 is 5.32 Å². The van der Waals surface area contributed by atoms with Crippen LogP contribution in [0.15, 0.2) is 23.8 Å². The van der Waals surface area contributed by atoms with Gasteiger partial charge >= 0.3 is 0 Å². The van der Waals surface area contributed by atoms with Crippen molar-refractivity contribution < 1.29 is 0 Å². The first kappa shape index (κ1) is 18.0. The first-order valence-electron chi connectivity index (χ1n) is 6.15. The van der Waals surface area contributed by atoms with E-state index in [2.05, 4.69) is 44.3 Å². The molecule has 0 fully saturated rings. The van der Waals surface area contributed by atoms with Gasteiger partial charge in [-0.15, -0.1) is 10.7 Å². The molecule has 0 amide bonds. The molecule has 0 aromatic rings. The van der Waals surface area contributed by atoms with E-state index in [9.17, 15) is 0 Å². The minimum atomic E-state index is -0.186. The molecule has 0 rings (SSSR count). The van der Waals surface area contributed by atoms with Crippen LogP contribution < -0.4 is 5.32 Å². The number of rotatable bonds is 7. The third kappa shape index (κ3) is 11.7. The van der Waals surface area contributed by atoms with Crippen molar-refractivity contribution in [1.29, 1.82) is 4.78 Å². The summed E-state index contributed by atoms with van der Waals surface area (Å²) < 4.78 is 7.60. The van der Waals surface area contributed by atoms with Crippen LogP contribution in [0.4, 0.5) is 0 Å². The van der Waals surface area contributed by atoms with Gasteiger partial charge in [-0.2, -0.15) is 0 Å². The summed E-state index contributed by atoms with van der Waals surface area (Å²) in [5, 5.41) is 3.29. The van der Waals surface area contributed by atoms with Crippen molar-refractivity contribution in [2.75, 3.05) is 24.6 Å². The fourth-order valence-electron chi connectivity index (χ4n) is 0.960. The van der Waals surface area contributed by atoms with Crippen molar-refractivity contribution in [3.8, 4) is 0 Å². The summed E-state index contributed by atoms with van der Waals surface area (Å²) in [7, 11) is -0.186. The van der Waals surface area contributed by atoms with Crippen molar-refractivity contribution in [3.63, 3.8) is 0 Å². The average Bonchev–Trinajstić information content (AvgIpc) is 2.35. The van der Waals surface area contributed by atoms with Gasteiger partial charge in [0, 0.05) is 18.1 Å². The van der Waals surface area contributed by atoms with Gasteiger partial charge in [-0.25, -0.2) is 0 Å². The normalized spacial score (nSPS) is 13.4. The highest BCUT2D eigenvalue weighted by Gasteiger charge is 1.90. The molecule has 0 aromatic carbocycles. The smallest absolute Gasteiger partial charge is 0.0222 e. The molecule has 0 aromatic heterocycles. The molecule has 0 spiro atoms. The van der Waals surface area contributed by atoms with E-state index in [1.165, 1.54) is 5.57 Å². The monoisotopic (exact) mass is 244 g/mol. The van der Waals surface area contributed by atoms with E-state index in [-0.39, 0.29) is 10.7 Å². The van der Waals surface area contributed by atoms with Crippen molar-refractivity contribution >= 4 is 10.7 Å². The van der Waals surface area contributed by atoms with Gasteiger partial charge in [-0.3, -0.25) is 4.78 Å². The summed E-state index contributed by atoms with van der Waals surface area (Å²) in [6.45, 7) is 12.2. The summed E-state index contributed by atoms with van der Waals surface area (Å²) in [5.41, 5.74) is 1.31. The molecular weight excluding hydrogens is 216 g/mol. The van der Waals surface area contributed by atoms with Gasteiger partial charge in [0.15, 0.2) is 0 Å². The number of likely N-dealkylation sites (N-methyl/N-ethyl adjacent to an activating group) is 1. The van der Waals surface area contributed by atoms with Gasteiger partial charge in [0.25, 0.3) is 0 Å². The van der Waals surface area contributed by atoms with Crippen LogP contribution in [0.3, 0.4) is 0 Å². The van der Waals surface area contributed by atoms with Crippen LogP contribution in [0.2, 0.25) is 0 Å². The fourth-order valence-corrected chi connectivity index (χ4v) is 1.52. The minimum Gasteiger partial charge on any atom is -0.313 e. The Morgan fingerprint density at radius 2 is 1.94 bits per heavy atom. The highest BCUT2D eigenvalue weighted by molar-refractivity contribution is 7.86. The van der Waals surface area contributed by atoms with E-state index in [0.29, 0.717) is 0 Å². The summed E-state index contributed by atoms with van der Waals surface area (Å²) in [5.74, 6) is 1.85. The zero-order valence-corrected chi connectivity index (χ0v) is 12.3. The third-order valence-electron chi connectivity index (χ3n) is 1.93. The number of hydrogen-bond acceptors (Lipinski definition) is 2. The topological polar surface area (TPSA) is 35.9 Å². The van der Waals surface area contributed by atoms with Crippen molar-refractivity contribution in [2.45, 2.75) is 34.6 Å². The molecule has 96 valence electrons. The Labute approximate surface area is 104 Å². The maximum atomic E-state index is 7.60. The highest BCUT2D eigenvalue weighted by Crippen LogP contribution is 1.96. The van der Waals surface area contributed by atoms with E-state index in [0.717, 1.165) is 24.6 Å². The van der Waals surface area contributed by atoms with Gasteiger partial charge in [0.05, 0.1) is 0 Å². The second-order valence-electron chi connectivity index (χ2n) is 2.99. The summed E-state index contributed by atoms with van der Waals surface area (Å²) in [6.07, 6.45) is 6.37. The van der Waals surface area contributed by atoms with E-state index < -0.39 is 0 Å². The Bertz CT molecular complexity index is 220. The van der Waals surface area contributed by atoms with Crippen LogP contribution in [0, 0.1) is 4.78 Å². The van der Waals surface area contributed by atoms with Crippen LogP contribution in [0.5, 0.6) is 0 Å².